The zero-order chi connectivity index (χ0) is 22.3. The van der Waals surface area contributed by atoms with Gasteiger partial charge >= 0.3 is 0 Å². The number of aryl methyl sites for hydroxylation is 3. The molecule has 1 aliphatic heterocycles. The van der Waals surface area contributed by atoms with E-state index < -0.39 is 15.6 Å². The zero-order valence-corrected chi connectivity index (χ0v) is 19.3. The molecule has 0 saturated carbocycles. The number of rotatable bonds is 5. The van der Waals surface area contributed by atoms with Crippen molar-refractivity contribution in [3.05, 3.63) is 58.7 Å². The van der Waals surface area contributed by atoms with E-state index in [1.54, 1.807) is 0 Å². The van der Waals surface area contributed by atoms with Crippen LogP contribution in [-0.2, 0) is 14.8 Å². The summed E-state index contributed by atoms with van der Waals surface area (Å²) < 4.78 is 32.3. The Hall–Kier alpha value is -2.54. The van der Waals surface area contributed by atoms with Crippen LogP contribution in [-0.4, -0.2) is 32.7 Å². The number of nitrogens with zero attached hydrogens (tertiary/aromatic N) is 1. The van der Waals surface area contributed by atoms with Crippen molar-refractivity contribution in [3.63, 3.8) is 0 Å². The van der Waals surface area contributed by atoms with Crippen LogP contribution in [0.2, 0.25) is 0 Å². The van der Waals surface area contributed by atoms with Crippen LogP contribution in [0.3, 0.4) is 0 Å². The van der Waals surface area contributed by atoms with E-state index in [0.717, 1.165) is 34.3 Å². The number of nitrogens with one attached hydrogen (secondary N) is 1. The highest BCUT2D eigenvalue weighted by atomic mass is 32.2. The Morgan fingerprint density at radius 3 is 2.40 bits per heavy atom. The van der Waals surface area contributed by atoms with Crippen LogP contribution in [0.4, 0.5) is 5.69 Å². The minimum Gasteiger partial charge on any atom is -0.487 e. The third-order valence-corrected chi connectivity index (χ3v) is 6.45. The van der Waals surface area contributed by atoms with Crippen molar-refractivity contribution in [2.45, 2.75) is 52.7 Å². The lowest BCUT2D eigenvalue weighted by Gasteiger charge is -2.38. The molecule has 0 spiro atoms. The highest BCUT2D eigenvalue weighted by molar-refractivity contribution is 7.92. The Kier molecular flexibility index (Phi) is 5.87. The highest BCUT2D eigenvalue weighted by Crippen LogP contribution is 2.40. The second kappa shape index (κ2) is 7.95. The number of carbonyl (C=O) groups excluding carboxylic acids is 1. The van der Waals surface area contributed by atoms with Gasteiger partial charge in [-0.05, 0) is 57.4 Å². The third kappa shape index (κ3) is 4.78. The van der Waals surface area contributed by atoms with Gasteiger partial charge in [0, 0.05) is 12.0 Å². The van der Waals surface area contributed by atoms with Crippen LogP contribution in [0.15, 0.2) is 36.4 Å². The number of benzene rings is 2. The summed E-state index contributed by atoms with van der Waals surface area (Å²) in [4.78, 5) is 13.0. The molecule has 2 aromatic rings. The van der Waals surface area contributed by atoms with E-state index in [0.29, 0.717) is 12.1 Å². The fourth-order valence-electron chi connectivity index (χ4n) is 4.02. The van der Waals surface area contributed by atoms with Crippen molar-refractivity contribution in [1.82, 2.24) is 5.32 Å². The summed E-state index contributed by atoms with van der Waals surface area (Å²) in [5.41, 5.74) is 3.71. The number of amides is 1. The molecule has 0 bridgehead atoms. The van der Waals surface area contributed by atoms with Crippen LogP contribution >= 0.6 is 0 Å². The highest BCUT2D eigenvalue weighted by Gasteiger charge is 2.35. The van der Waals surface area contributed by atoms with Gasteiger partial charge in [0.25, 0.3) is 0 Å². The summed E-state index contributed by atoms with van der Waals surface area (Å²) in [6.45, 7) is 9.38. The lowest BCUT2D eigenvalue weighted by atomic mass is 9.89. The molecule has 0 radical (unpaired) electrons. The second-order valence-corrected chi connectivity index (χ2v) is 10.6. The molecular formula is C23H30N2O4S. The SMILES string of the molecule is Cc1ccc2c(c1)OC(C)(C)C[C@H]2NC(=O)CN(c1c(C)cccc1C)S(C)(=O)=O. The van der Waals surface area contributed by atoms with Crippen LogP contribution in [0.1, 0.15) is 48.6 Å². The van der Waals surface area contributed by atoms with Gasteiger partial charge in [0.1, 0.15) is 17.9 Å². The number of sulfonamides is 1. The molecule has 0 aliphatic carbocycles. The maximum atomic E-state index is 13.0. The number of ether oxygens (including phenoxy) is 1. The van der Waals surface area contributed by atoms with E-state index in [9.17, 15) is 13.2 Å². The zero-order valence-electron chi connectivity index (χ0n) is 18.4. The van der Waals surface area contributed by atoms with Crippen LogP contribution in [0, 0.1) is 20.8 Å². The van der Waals surface area contributed by atoms with Crippen molar-refractivity contribution in [2.75, 3.05) is 17.1 Å². The number of hydrogen-bond donors (Lipinski definition) is 1. The summed E-state index contributed by atoms with van der Waals surface area (Å²) in [5, 5.41) is 3.04. The Bertz CT molecular complexity index is 1060. The van der Waals surface area contributed by atoms with Crippen molar-refractivity contribution in [2.24, 2.45) is 0 Å². The van der Waals surface area contributed by atoms with Gasteiger partial charge < -0.3 is 10.1 Å². The predicted molar refractivity (Wildman–Crippen MR) is 119 cm³/mol. The predicted octanol–water partition coefficient (Wildman–Crippen LogP) is 3.80. The molecule has 7 heteroatoms. The Morgan fingerprint density at radius 1 is 1.17 bits per heavy atom. The molecular weight excluding hydrogens is 400 g/mol. The van der Waals surface area contributed by atoms with E-state index in [1.807, 2.05) is 71.0 Å². The smallest absolute Gasteiger partial charge is 0.241 e. The standard InChI is InChI=1S/C23H30N2O4S/c1-15-10-11-18-19(13-23(4,5)29-20(18)12-15)24-21(26)14-25(30(6,27)28)22-16(2)8-7-9-17(22)3/h7-12,19H,13-14H2,1-6H3,(H,24,26)/t19-/m1/s1. The van der Waals surface area contributed by atoms with E-state index in [2.05, 4.69) is 5.32 Å². The first kappa shape index (κ1) is 22.2. The molecule has 1 amide bonds. The van der Waals surface area contributed by atoms with Crippen molar-refractivity contribution in [3.8, 4) is 5.75 Å². The maximum Gasteiger partial charge on any atom is 0.241 e. The van der Waals surface area contributed by atoms with E-state index in [1.165, 1.54) is 4.31 Å². The monoisotopic (exact) mass is 430 g/mol. The summed E-state index contributed by atoms with van der Waals surface area (Å²) in [6, 6.07) is 11.2. The van der Waals surface area contributed by atoms with Gasteiger partial charge in [0.2, 0.25) is 15.9 Å². The Balaban J connectivity index is 1.88. The Morgan fingerprint density at radius 2 is 1.80 bits per heavy atom. The maximum absolute atomic E-state index is 13.0. The van der Waals surface area contributed by atoms with Gasteiger partial charge in [-0.2, -0.15) is 0 Å². The molecule has 0 aromatic heterocycles. The lowest BCUT2D eigenvalue weighted by molar-refractivity contribution is -0.120. The largest absolute Gasteiger partial charge is 0.487 e. The van der Waals surface area contributed by atoms with Gasteiger partial charge in [-0.1, -0.05) is 30.3 Å². The van der Waals surface area contributed by atoms with E-state index >= 15 is 0 Å². The molecule has 30 heavy (non-hydrogen) atoms. The van der Waals surface area contributed by atoms with Gasteiger partial charge in [-0.25, -0.2) is 8.42 Å². The van der Waals surface area contributed by atoms with Gasteiger partial charge in [0.05, 0.1) is 18.0 Å². The first-order valence-electron chi connectivity index (χ1n) is 10.0. The molecule has 162 valence electrons. The number of anilines is 1. The minimum absolute atomic E-state index is 0.253. The molecule has 6 nitrogen and oxygen atoms in total. The summed E-state index contributed by atoms with van der Waals surface area (Å²) in [7, 11) is -3.64. The number of para-hydroxylation sites is 1. The van der Waals surface area contributed by atoms with Gasteiger partial charge in [-0.3, -0.25) is 9.10 Å². The fraction of sp³-hybridized carbons (Fsp3) is 0.435. The van der Waals surface area contributed by atoms with Crippen LogP contribution < -0.4 is 14.4 Å². The third-order valence-electron chi connectivity index (χ3n) is 5.34. The number of hydrogen-bond acceptors (Lipinski definition) is 4. The molecule has 1 N–H and O–H groups in total. The van der Waals surface area contributed by atoms with Crippen molar-refractivity contribution in [1.29, 1.82) is 0 Å². The Labute approximate surface area is 179 Å². The lowest BCUT2D eigenvalue weighted by Crippen LogP contribution is -2.45. The van der Waals surface area contributed by atoms with E-state index in [4.69, 9.17) is 4.74 Å². The molecule has 0 fully saturated rings. The summed E-state index contributed by atoms with van der Waals surface area (Å²) in [5.74, 6) is 0.406. The molecule has 1 aliphatic rings. The quantitative estimate of drug-likeness (QED) is 0.783. The molecule has 0 saturated heterocycles. The van der Waals surface area contributed by atoms with Crippen molar-refractivity contribution >= 4 is 21.6 Å². The molecule has 2 aromatic carbocycles. The van der Waals surface area contributed by atoms with Crippen molar-refractivity contribution < 1.29 is 17.9 Å². The minimum atomic E-state index is -3.64. The first-order valence-corrected chi connectivity index (χ1v) is 11.8. The topological polar surface area (TPSA) is 75.7 Å². The summed E-state index contributed by atoms with van der Waals surface area (Å²) >= 11 is 0. The molecule has 0 unspecified atom stereocenters. The first-order chi connectivity index (χ1) is 13.9. The average molecular weight is 431 g/mol. The average Bonchev–Trinajstić information content (AvgIpc) is 2.58. The number of fused-ring (bicyclic) bond motifs is 1. The van der Waals surface area contributed by atoms with Gasteiger partial charge in [-0.15, -0.1) is 0 Å². The van der Waals surface area contributed by atoms with Crippen LogP contribution in [0.5, 0.6) is 5.75 Å². The summed E-state index contributed by atoms with van der Waals surface area (Å²) in [6.07, 6.45) is 1.72. The number of carbonyl (C=O) groups is 1. The molecule has 1 atom stereocenters. The normalized spacial score (nSPS) is 17.6. The second-order valence-electron chi connectivity index (χ2n) is 8.74. The molecule has 1 heterocycles. The fourth-order valence-corrected chi connectivity index (χ4v) is 4.99. The molecule has 3 rings (SSSR count). The van der Waals surface area contributed by atoms with Crippen LogP contribution in [0.25, 0.3) is 0 Å². The van der Waals surface area contributed by atoms with E-state index in [-0.39, 0.29) is 18.5 Å². The van der Waals surface area contributed by atoms with Gasteiger partial charge in [0.15, 0.2) is 0 Å².